The van der Waals surface area contributed by atoms with E-state index in [9.17, 15) is 4.79 Å². The predicted octanol–water partition coefficient (Wildman–Crippen LogP) is 4.99. The maximum atomic E-state index is 11.1. The molecule has 1 fully saturated rings. The highest BCUT2D eigenvalue weighted by molar-refractivity contribution is 5.63. The fourth-order valence-electron chi connectivity index (χ4n) is 5.48. The van der Waals surface area contributed by atoms with Gasteiger partial charge >= 0.3 is 0 Å². The average Bonchev–Trinajstić information content (AvgIpc) is 2.82. The summed E-state index contributed by atoms with van der Waals surface area (Å²) >= 11 is 0. The van der Waals surface area contributed by atoms with Crippen molar-refractivity contribution in [3.8, 4) is 11.5 Å². The number of hydrogen-bond donors (Lipinski definition) is 0. The number of ether oxygens (including phenoxy) is 2. The molecule has 0 heterocycles. The van der Waals surface area contributed by atoms with Crippen LogP contribution >= 0.6 is 0 Å². The molecule has 3 rings (SSSR count). The molecule has 2 aliphatic carbocycles. The second-order valence-corrected chi connectivity index (χ2v) is 8.74. The lowest BCUT2D eigenvalue weighted by Gasteiger charge is -2.47. The van der Waals surface area contributed by atoms with E-state index in [4.69, 9.17) is 9.47 Å². The number of benzene rings is 1. The summed E-state index contributed by atoms with van der Waals surface area (Å²) in [5.41, 5.74) is 3.95. The Bertz CT molecular complexity index is 660. The first kappa shape index (κ1) is 17.3. The fraction of sp³-hybridized carbons (Fsp3) is 0.667. The van der Waals surface area contributed by atoms with Crippen LogP contribution in [0.1, 0.15) is 76.5 Å². The van der Waals surface area contributed by atoms with Gasteiger partial charge in [0, 0.05) is 22.1 Å². The van der Waals surface area contributed by atoms with Crippen molar-refractivity contribution in [2.45, 2.75) is 71.6 Å². The van der Waals surface area contributed by atoms with Gasteiger partial charge in [-0.1, -0.05) is 41.0 Å². The van der Waals surface area contributed by atoms with Crippen LogP contribution in [0.25, 0.3) is 0 Å². The second-order valence-electron chi connectivity index (χ2n) is 8.74. The minimum absolute atomic E-state index is 0.0538. The van der Waals surface area contributed by atoms with E-state index >= 15 is 0 Å². The van der Waals surface area contributed by atoms with Crippen LogP contribution in [0.4, 0.5) is 0 Å². The predicted molar refractivity (Wildman–Crippen MR) is 96.0 cm³/mol. The van der Waals surface area contributed by atoms with Gasteiger partial charge in [-0.15, -0.1) is 0 Å². The number of rotatable bonds is 4. The second kappa shape index (κ2) is 5.79. The highest BCUT2D eigenvalue weighted by atomic mass is 16.5. The van der Waals surface area contributed by atoms with Crippen molar-refractivity contribution in [3.63, 3.8) is 0 Å². The van der Waals surface area contributed by atoms with Crippen molar-refractivity contribution < 1.29 is 14.3 Å². The largest absolute Gasteiger partial charge is 0.496 e. The Labute approximate surface area is 145 Å². The lowest BCUT2D eigenvalue weighted by molar-refractivity contribution is -0.120. The molecular weight excluding hydrogens is 300 g/mol. The van der Waals surface area contributed by atoms with E-state index in [1.54, 1.807) is 7.11 Å². The highest BCUT2D eigenvalue weighted by Gasteiger charge is 2.54. The van der Waals surface area contributed by atoms with Crippen LogP contribution in [-0.2, 0) is 16.6 Å². The Morgan fingerprint density at radius 1 is 1.25 bits per heavy atom. The van der Waals surface area contributed by atoms with Gasteiger partial charge in [0.1, 0.15) is 11.5 Å². The van der Waals surface area contributed by atoms with Gasteiger partial charge in [-0.05, 0) is 42.6 Å². The Hall–Kier alpha value is -1.51. The van der Waals surface area contributed by atoms with Crippen LogP contribution in [0.15, 0.2) is 6.07 Å². The smallest absolute Gasteiger partial charge is 0.298 e. The molecule has 132 valence electrons. The van der Waals surface area contributed by atoms with E-state index in [1.165, 1.54) is 24.0 Å². The van der Waals surface area contributed by atoms with Crippen molar-refractivity contribution >= 4 is 6.47 Å². The topological polar surface area (TPSA) is 35.5 Å². The molecule has 0 radical (unpaired) electrons. The van der Waals surface area contributed by atoms with Crippen molar-refractivity contribution in [3.05, 3.63) is 22.8 Å². The molecule has 0 unspecified atom stereocenters. The first-order chi connectivity index (χ1) is 11.3. The molecule has 0 bridgehead atoms. The molecule has 3 nitrogen and oxygen atoms in total. The van der Waals surface area contributed by atoms with Gasteiger partial charge in [-0.2, -0.15) is 0 Å². The zero-order valence-electron chi connectivity index (χ0n) is 15.9. The molecule has 1 saturated carbocycles. The van der Waals surface area contributed by atoms with Crippen molar-refractivity contribution in [1.82, 2.24) is 0 Å². The summed E-state index contributed by atoms with van der Waals surface area (Å²) in [5.74, 6) is 2.62. The summed E-state index contributed by atoms with van der Waals surface area (Å²) in [4.78, 5) is 11.1. The number of hydrogen-bond acceptors (Lipinski definition) is 3. The van der Waals surface area contributed by atoms with Gasteiger partial charge in [-0.3, -0.25) is 4.79 Å². The van der Waals surface area contributed by atoms with Crippen LogP contribution < -0.4 is 9.47 Å². The average molecular weight is 330 g/mol. The maximum Gasteiger partial charge on any atom is 0.298 e. The third-order valence-electron chi connectivity index (χ3n) is 6.58. The van der Waals surface area contributed by atoms with Crippen LogP contribution in [-0.4, -0.2) is 13.6 Å². The molecule has 0 amide bonds. The van der Waals surface area contributed by atoms with Crippen molar-refractivity contribution in [2.24, 2.45) is 11.3 Å². The van der Waals surface area contributed by atoms with Crippen LogP contribution in [0.2, 0.25) is 0 Å². The lowest BCUT2D eigenvalue weighted by atomic mass is 9.57. The first-order valence-electron chi connectivity index (χ1n) is 9.10. The minimum Gasteiger partial charge on any atom is -0.496 e. The zero-order valence-corrected chi connectivity index (χ0v) is 15.9. The third kappa shape index (κ3) is 2.35. The molecule has 3 heteroatoms. The van der Waals surface area contributed by atoms with Gasteiger partial charge in [0.2, 0.25) is 0 Å². The standard InChI is InChI=1S/C21H30O3/c1-13(2)14-10-16(24-12-22)18-15(19(14)23-6)11-17-20(3,4)8-7-9-21(17,18)5/h10,12-13,17H,7-9,11H2,1-6H3/t17-,21-/m0/s1. The molecule has 0 aromatic heterocycles. The summed E-state index contributed by atoms with van der Waals surface area (Å²) < 4.78 is 11.3. The van der Waals surface area contributed by atoms with Gasteiger partial charge in [0.05, 0.1) is 7.11 Å². The fourth-order valence-corrected chi connectivity index (χ4v) is 5.48. The van der Waals surface area contributed by atoms with Gasteiger partial charge in [-0.25, -0.2) is 0 Å². The Kier molecular flexibility index (Phi) is 4.17. The van der Waals surface area contributed by atoms with E-state index in [0.717, 1.165) is 29.9 Å². The lowest BCUT2D eigenvalue weighted by Crippen LogP contribution is -2.42. The Balaban J connectivity index is 2.28. The summed E-state index contributed by atoms with van der Waals surface area (Å²) in [5, 5.41) is 0. The summed E-state index contributed by atoms with van der Waals surface area (Å²) in [6.07, 6.45) is 4.63. The molecule has 2 atom stereocenters. The van der Waals surface area contributed by atoms with E-state index < -0.39 is 0 Å². The van der Waals surface area contributed by atoms with Crippen LogP contribution in [0.5, 0.6) is 11.5 Å². The van der Waals surface area contributed by atoms with E-state index in [-0.39, 0.29) is 10.8 Å². The van der Waals surface area contributed by atoms with Crippen molar-refractivity contribution in [2.75, 3.05) is 7.11 Å². The SMILES string of the molecule is COc1c(C(C)C)cc(OC=O)c2c1C[C@H]1C(C)(C)CCC[C@]21C. The van der Waals surface area contributed by atoms with Gasteiger partial charge in [0.25, 0.3) is 6.47 Å². The quantitative estimate of drug-likeness (QED) is 0.729. The molecule has 0 saturated heterocycles. The monoisotopic (exact) mass is 330 g/mol. The molecule has 1 aromatic rings. The van der Waals surface area contributed by atoms with Crippen molar-refractivity contribution in [1.29, 1.82) is 0 Å². The molecule has 2 aliphatic rings. The molecule has 0 aliphatic heterocycles. The Morgan fingerprint density at radius 3 is 2.54 bits per heavy atom. The van der Waals surface area contributed by atoms with E-state index in [1.807, 2.05) is 6.07 Å². The van der Waals surface area contributed by atoms with E-state index in [2.05, 4.69) is 34.6 Å². The molecule has 0 N–H and O–H groups in total. The molecule has 0 spiro atoms. The molecular formula is C21H30O3. The first-order valence-corrected chi connectivity index (χ1v) is 9.10. The Morgan fingerprint density at radius 2 is 1.96 bits per heavy atom. The molecule has 24 heavy (non-hydrogen) atoms. The van der Waals surface area contributed by atoms with Crippen LogP contribution in [0.3, 0.4) is 0 Å². The molecule has 1 aromatic carbocycles. The summed E-state index contributed by atoms with van der Waals surface area (Å²) in [6.45, 7) is 12.0. The summed E-state index contributed by atoms with van der Waals surface area (Å²) in [7, 11) is 1.76. The number of carbonyl (C=O) groups excluding carboxylic acids is 1. The number of fused-ring (bicyclic) bond motifs is 3. The number of carbonyl (C=O) groups is 1. The maximum absolute atomic E-state index is 11.1. The normalized spacial score (nSPS) is 27.5. The van der Waals surface area contributed by atoms with Gasteiger partial charge in [0.15, 0.2) is 0 Å². The summed E-state index contributed by atoms with van der Waals surface area (Å²) in [6, 6.07) is 2.03. The van der Waals surface area contributed by atoms with Crippen LogP contribution in [0, 0.1) is 11.3 Å². The van der Waals surface area contributed by atoms with Gasteiger partial charge < -0.3 is 9.47 Å². The minimum atomic E-state index is 0.0538. The highest BCUT2D eigenvalue weighted by Crippen LogP contribution is 2.62. The van der Waals surface area contributed by atoms with E-state index in [0.29, 0.717) is 18.3 Å². The third-order valence-corrected chi connectivity index (χ3v) is 6.58. The number of methoxy groups -OCH3 is 1. The zero-order chi connectivity index (χ0) is 17.7.